The number of methoxy groups -OCH3 is 1. The highest BCUT2D eigenvalue weighted by atomic mass is 35.5. The monoisotopic (exact) mass is 636 g/mol. The molecule has 2 saturated heterocycles. The molecular formula is C31H34Cl2N8O3. The van der Waals surface area contributed by atoms with Crippen LogP contribution in [0.5, 0.6) is 5.75 Å². The van der Waals surface area contributed by atoms with Gasteiger partial charge < -0.3 is 20.1 Å². The molecule has 5 aromatic rings. The third-order valence-electron chi connectivity index (χ3n) is 9.46. The van der Waals surface area contributed by atoms with Crippen molar-refractivity contribution >= 4 is 51.1 Å². The van der Waals surface area contributed by atoms with Crippen molar-refractivity contribution in [3.63, 3.8) is 0 Å². The van der Waals surface area contributed by atoms with E-state index in [1.807, 2.05) is 43.3 Å². The maximum Gasteiger partial charge on any atom is 0.266 e. The van der Waals surface area contributed by atoms with Crippen molar-refractivity contribution in [3.05, 3.63) is 62.5 Å². The lowest BCUT2D eigenvalue weighted by molar-refractivity contribution is 0.0973. The molecule has 11 nitrogen and oxygen atoms in total. The first kappa shape index (κ1) is 29.1. The number of hydrogen-bond donors (Lipinski definition) is 1. The highest BCUT2D eigenvalue weighted by Crippen LogP contribution is 2.43. The molecule has 7 rings (SSSR count). The van der Waals surface area contributed by atoms with Gasteiger partial charge in [0.2, 0.25) is 5.95 Å². The molecule has 230 valence electrons. The average Bonchev–Trinajstić information content (AvgIpc) is 3.63. The van der Waals surface area contributed by atoms with Crippen molar-refractivity contribution in [2.45, 2.75) is 38.5 Å². The van der Waals surface area contributed by atoms with E-state index in [9.17, 15) is 4.79 Å². The summed E-state index contributed by atoms with van der Waals surface area (Å²) >= 11 is 13.6. The van der Waals surface area contributed by atoms with Crippen molar-refractivity contribution in [2.75, 3.05) is 31.7 Å². The summed E-state index contributed by atoms with van der Waals surface area (Å²) in [5.41, 5.74) is 9.49. The minimum atomic E-state index is -0.204. The molecule has 0 radical (unpaired) electrons. The lowest BCUT2D eigenvalue weighted by Gasteiger charge is -2.41. The molecule has 2 fully saturated rings. The molecule has 2 aromatic carbocycles. The van der Waals surface area contributed by atoms with Gasteiger partial charge in [0.05, 0.1) is 48.0 Å². The fraction of sp³-hybridized carbons (Fsp3) is 0.419. The molecule has 5 heterocycles. The van der Waals surface area contributed by atoms with Gasteiger partial charge in [-0.15, -0.1) is 0 Å². The van der Waals surface area contributed by atoms with Gasteiger partial charge in [-0.3, -0.25) is 18.7 Å². The number of nitrogens with zero attached hydrogens (tertiary/aromatic N) is 7. The lowest BCUT2D eigenvalue weighted by Crippen LogP contribution is -2.51. The number of fused-ring (bicyclic) bond motifs is 2. The number of ether oxygens (including phenoxy) is 2. The third kappa shape index (κ3) is 4.48. The molecule has 0 unspecified atom stereocenters. The normalized spacial score (nSPS) is 19.9. The van der Waals surface area contributed by atoms with Crippen molar-refractivity contribution in [2.24, 2.45) is 25.2 Å². The van der Waals surface area contributed by atoms with E-state index in [2.05, 4.69) is 10.00 Å². The van der Waals surface area contributed by atoms with Crippen LogP contribution in [-0.4, -0.2) is 68.1 Å². The van der Waals surface area contributed by atoms with Gasteiger partial charge in [0.1, 0.15) is 16.3 Å². The molecule has 0 amide bonds. The molecule has 0 bridgehead atoms. The fourth-order valence-electron chi connectivity index (χ4n) is 6.75. The summed E-state index contributed by atoms with van der Waals surface area (Å²) in [5.74, 6) is 1.33. The van der Waals surface area contributed by atoms with E-state index in [0.29, 0.717) is 62.5 Å². The number of rotatable bonds is 5. The van der Waals surface area contributed by atoms with Crippen molar-refractivity contribution < 1.29 is 9.47 Å². The first-order chi connectivity index (χ1) is 21.1. The topological polar surface area (TPSA) is 118 Å². The molecule has 2 aliphatic heterocycles. The molecular weight excluding hydrogens is 603 g/mol. The van der Waals surface area contributed by atoms with Gasteiger partial charge in [-0.25, -0.2) is 0 Å². The van der Waals surface area contributed by atoms with Crippen LogP contribution in [0.2, 0.25) is 10.2 Å². The number of nitrogens with two attached hydrogens (primary N) is 1. The molecule has 2 aliphatic rings. The summed E-state index contributed by atoms with van der Waals surface area (Å²) < 4.78 is 16.2. The molecule has 44 heavy (non-hydrogen) atoms. The Balaban J connectivity index is 1.36. The van der Waals surface area contributed by atoms with Crippen LogP contribution in [0.25, 0.3) is 33.2 Å². The number of halogens is 2. The molecule has 2 atom stereocenters. The van der Waals surface area contributed by atoms with Gasteiger partial charge in [-0.2, -0.15) is 15.2 Å². The Morgan fingerprint density at radius 2 is 1.80 bits per heavy atom. The van der Waals surface area contributed by atoms with Gasteiger partial charge in [0.25, 0.3) is 5.56 Å². The Kier molecular flexibility index (Phi) is 7.12. The second-order valence-electron chi connectivity index (χ2n) is 12.0. The quantitative estimate of drug-likeness (QED) is 0.302. The molecule has 3 aromatic heterocycles. The third-order valence-corrected chi connectivity index (χ3v) is 10.3. The second kappa shape index (κ2) is 10.8. The van der Waals surface area contributed by atoms with Gasteiger partial charge in [-0.05, 0) is 49.6 Å². The van der Waals surface area contributed by atoms with E-state index < -0.39 is 0 Å². The van der Waals surface area contributed by atoms with Crippen LogP contribution in [-0.2, 0) is 25.4 Å². The molecule has 0 aliphatic carbocycles. The summed E-state index contributed by atoms with van der Waals surface area (Å²) in [6.07, 6.45) is 1.77. The molecule has 1 spiro atoms. The van der Waals surface area contributed by atoms with Crippen LogP contribution in [0.3, 0.4) is 0 Å². The SMILES string of the molecule is COc1ccc(Cn2nc3nc(N4CCC5(CC4)CO[C@@H](C)[C@H]5N)n(C)c(=O)c3c2-c2ccc3nn(C)c(Cl)c3c2Cl)cc1. The van der Waals surface area contributed by atoms with Gasteiger partial charge >= 0.3 is 0 Å². The minimum Gasteiger partial charge on any atom is -0.497 e. The Morgan fingerprint density at radius 3 is 2.45 bits per heavy atom. The summed E-state index contributed by atoms with van der Waals surface area (Å²) in [7, 11) is 5.15. The number of aromatic nitrogens is 6. The zero-order valence-corrected chi connectivity index (χ0v) is 26.6. The lowest BCUT2D eigenvalue weighted by atomic mass is 9.73. The number of hydrogen-bond acceptors (Lipinski definition) is 8. The highest BCUT2D eigenvalue weighted by molar-refractivity contribution is 6.43. The zero-order valence-electron chi connectivity index (χ0n) is 25.0. The zero-order chi connectivity index (χ0) is 30.9. The maximum atomic E-state index is 14.2. The van der Waals surface area contributed by atoms with Gasteiger partial charge in [-0.1, -0.05) is 35.3 Å². The Labute approximate surface area is 264 Å². The van der Waals surface area contributed by atoms with Crippen LogP contribution in [0.4, 0.5) is 5.95 Å². The van der Waals surface area contributed by atoms with Gasteiger partial charge in [0.15, 0.2) is 5.65 Å². The number of aryl methyl sites for hydroxylation is 1. The van der Waals surface area contributed by atoms with E-state index in [1.54, 1.807) is 35.1 Å². The molecule has 13 heteroatoms. The van der Waals surface area contributed by atoms with E-state index in [1.165, 1.54) is 0 Å². The van der Waals surface area contributed by atoms with Gasteiger partial charge in [0, 0.05) is 44.2 Å². The van der Waals surface area contributed by atoms with E-state index in [4.69, 9.17) is 48.5 Å². The largest absolute Gasteiger partial charge is 0.497 e. The summed E-state index contributed by atoms with van der Waals surface area (Å²) in [5, 5.41) is 11.2. The molecule has 2 N–H and O–H groups in total. The number of anilines is 1. The standard InChI is InChI=1S/C31H34Cl2N8O3/c1-17-26(34)31(16-44-17)11-13-40(14-12-31)30-35-28-23(29(42)38(30)2)25(41(37-28)15-18-5-7-19(43-4)8-6-18)20-9-10-21-22(24(20)32)27(33)39(3)36-21/h5-10,17,26H,11-16,34H2,1-4H3/t17-,26+/m0/s1. The van der Waals surface area contributed by atoms with E-state index in [0.717, 1.165) is 37.2 Å². The van der Waals surface area contributed by atoms with E-state index in [-0.39, 0.29) is 23.1 Å². The Hall–Kier alpha value is -3.64. The summed E-state index contributed by atoms with van der Waals surface area (Å²) in [6.45, 7) is 4.52. The first-order valence-corrected chi connectivity index (χ1v) is 15.4. The first-order valence-electron chi connectivity index (χ1n) is 14.7. The summed E-state index contributed by atoms with van der Waals surface area (Å²) in [6, 6.07) is 11.4. The maximum absolute atomic E-state index is 14.2. The summed E-state index contributed by atoms with van der Waals surface area (Å²) in [4.78, 5) is 21.4. The predicted molar refractivity (Wildman–Crippen MR) is 172 cm³/mol. The van der Waals surface area contributed by atoms with Crippen molar-refractivity contribution in [3.8, 4) is 17.0 Å². The Bertz CT molecular complexity index is 1960. The molecule has 0 saturated carbocycles. The van der Waals surface area contributed by atoms with Crippen LogP contribution in [0.1, 0.15) is 25.3 Å². The van der Waals surface area contributed by atoms with Crippen LogP contribution < -0.4 is 20.9 Å². The van der Waals surface area contributed by atoms with E-state index >= 15 is 0 Å². The van der Waals surface area contributed by atoms with Crippen molar-refractivity contribution in [1.29, 1.82) is 0 Å². The smallest absolute Gasteiger partial charge is 0.266 e. The minimum absolute atomic E-state index is 0.00414. The van der Waals surface area contributed by atoms with Crippen molar-refractivity contribution in [1.82, 2.24) is 29.1 Å². The van der Waals surface area contributed by atoms with Crippen LogP contribution >= 0.6 is 23.2 Å². The number of benzene rings is 2. The highest BCUT2D eigenvalue weighted by Gasteiger charge is 2.48. The predicted octanol–water partition coefficient (Wildman–Crippen LogP) is 4.38. The number of piperidine rings is 1. The van der Waals surface area contributed by atoms with Crippen LogP contribution in [0.15, 0.2) is 41.2 Å². The fourth-order valence-corrected chi connectivity index (χ4v) is 7.36. The average molecular weight is 638 g/mol. The van der Waals surface area contributed by atoms with Crippen LogP contribution in [0, 0.1) is 5.41 Å². The Morgan fingerprint density at radius 1 is 1.07 bits per heavy atom. The second-order valence-corrected chi connectivity index (χ2v) is 12.7.